The molecule has 0 aliphatic rings. The minimum absolute atomic E-state index is 0.116. The summed E-state index contributed by atoms with van der Waals surface area (Å²) in [6.07, 6.45) is -5.18. The Kier molecular flexibility index (Phi) is 4.84. The number of aliphatic hydroxyl groups is 1. The van der Waals surface area contributed by atoms with Gasteiger partial charge in [-0.3, -0.25) is 0 Å². The summed E-state index contributed by atoms with van der Waals surface area (Å²) >= 11 is 0. The zero-order chi connectivity index (χ0) is 13.8. The number of alkyl halides is 3. The first-order valence-corrected chi connectivity index (χ1v) is 5.55. The highest BCUT2D eigenvalue weighted by molar-refractivity contribution is 5.46. The summed E-state index contributed by atoms with van der Waals surface area (Å²) in [5.41, 5.74) is 0.629. The molecule has 0 aliphatic carbocycles. The van der Waals surface area contributed by atoms with Gasteiger partial charge in [-0.25, -0.2) is 0 Å². The zero-order valence-electron chi connectivity index (χ0n) is 10.2. The lowest BCUT2D eigenvalue weighted by molar-refractivity contribution is -0.274. The molecular formula is C12H16F3NO2. The molecule has 6 heteroatoms. The van der Waals surface area contributed by atoms with Crippen LogP contribution in [-0.4, -0.2) is 24.1 Å². The van der Waals surface area contributed by atoms with Crippen LogP contribution in [0.3, 0.4) is 0 Å². The monoisotopic (exact) mass is 263 g/mol. The number of benzene rings is 1. The van der Waals surface area contributed by atoms with E-state index in [1.54, 1.807) is 0 Å². The molecule has 1 aromatic rings. The van der Waals surface area contributed by atoms with Gasteiger partial charge in [0.1, 0.15) is 5.75 Å². The Balaban J connectivity index is 2.50. The smallest absolute Gasteiger partial charge is 0.406 e. The van der Waals surface area contributed by atoms with E-state index in [2.05, 4.69) is 10.1 Å². The van der Waals surface area contributed by atoms with Gasteiger partial charge in [-0.1, -0.05) is 13.8 Å². The number of hydrogen-bond acceptors (Lipinski definition) is 3. The Labute approximate surface area is 104 Å². The van der Waals surface area contributed by atoms with Crippen LogP contribution >= 0.6 is 0 Å². The maximum absolute atomic E-state index is 11.9. The second kappa shape index (κ2) is 5.95. The van der Waals surface area contributed by atoms with E-state index in [-0.39, 0.29) is 11.7 Å². The summed E-state index contributed by atoms with van der Waals surface area (Å²) in [4.78, 5) is 0. The highest BCUT2D eigenvalue weighted by atomic mass is 19.4. The molecule has 2 N–H and O–H groups in total. The molecule has 0 aliphatic heterocycles. The van der Waals surface area contributed by atoms with Gasteiger partial charge < -0.3 is 15.2 Å². The lowest BCUT2D eigenvalue weighted by atomic mass is 10.1. The fourth-order valence-corrected chi connectivity index (χ4v) is 1.23. The van der Waals surface area contributed by atoms with E-state index >= 15 is 0 Å². The van der Waals surface area contributed by atoms with Crippen molar-refractivity contribution < 1.29 is 23.0 Å². The Morgan fingerprint density at radius 2 is 1.78 bits per heavy atom. The predicted molar refractivity (Wildman–Crippen MR) is 62.5 cm³/mol. The molecule has 0 saturated carbocycles. The van der Waals surface area contributed by atoms with Crippen molar-refractivity contribution in [3.8, 4) is 5.75 Å². The topological polar surface area (TPSA) is 41.5 Å². The number of anilines is 1. The molecule has 0 bridgehead atoms. The molecular weight excluding hydrogens is 247 g/mol. The van der Waals surface area contributed by atoms with E-state index < -0.39 is 12.5 Å². The molecule has 0 spiro atoms. The fraction of sp³-hybridized carbons (Fsp3) is 0.500. The van der Waals surface area contributed by atoms with E-state index in [1.165, 1.54) is 24.3 Å². The van der Waals surface area contributed by atoms with Crippen molar-refractivity contribution in [3.05, 3.63) is 24.3 Å². The van der Waals surface area contributed by atoms with Crippen molar-refractivity contribution in [3.63, 3.8) is 0 Å². The molecule has 1 aromatic carbocycles. The summed E-state index contributed by atoms with van der Waals surface area (Å²) < 4.78 is 39.5. The normalized spacial score (nSPS) is 13.5. The van der Waals surface area contributed by atoms with E-state index in [0.29, 0.717) is 12.2 Å². The molecule has 18 heavy (non-hydrogen) atoms. The Hall–Kier alpha value is -1.43. The lowest BCUT2D eigenvalue weighted by Gasteiger charge is -2.16. The SMILES string of the molecule is CC(C)C(O)CNc1ccc(OC(F)(F)F)cc1. The predicted octanol–water partition coefficient (Wildman–Crippen LogP) is 3.01. The molecule has 0 amide bonds. The Morgan fingerprint density at radius 1 is 1.22 bits per heavy atom. The van der Waals surface area contributed by atoms with Gasteiger partial charge in [-0.2, -0.15) is 0 Å². The number of rotatable bonds is 5. The number of hydrogen-bond donors (Lipinski definition) is 2. The second-order valence-electron chi connectivity index (χ2n) is 4.26. The molecule has 3 nitrogen and oxygen atoms in total. The van der Waals surface area contributed by atoms with E-state index in [4.69, 9.17) is 0 Å². The Morgan fingerprint density at radius 3 is 2.22 bits per heavy atom. The molecule has 0 aromatic heterocycles. The van der Waals surface area contributed by atoms with Crippen molar-refractivity contribution in [2.24, 2.45) is 5.92 Å². The number of aliphatic hydroxyl groups excluding tert-OH is 1. The van der Waals surface area contributed by atoms with Gasteiger partial charge in [0.25, 0.3) is 0 Å². The number of nitrogens with one attached hydrogen (secondary N) is 1. The van der Waals surface area contributed by atoms with Crippen molar-refractivity contribution in [1.82, 2.24) is 0 Å². The van der Waals surface area contributed by atoms with Crippen molar-refractivity contribution in [2.45, 2.75) is 26.3 Å². The average molecular weight is 263 g/mol. The minimum atomic E-state index is -4.68. The van der Waals surface area contributed by atoms with Gasteiger partial charge in [0.15, 0.2) is 0 Å². The average Bonchev–Trinajstić information content (AvgIpc) is 2.25. The maximum atomic E-state index is 11.9. The molecule has 102 valence electrons. The van der Waals surface area contributed by atoms with Crippen molar-refractivity contribution in [1.29, 1.82) is 0 Å². The van der Waals surface area contributed by atoms with Crippen LogP contribution in [0.15, 0.2) is 24.3 Å². The van der Waals surface area contributed by atoms with Gasteiger partial charge in [-0.05, 0) is 30.2 Å². The van der Waals surface area contributed by atoms with Crippen LogP contribution in [0.2, 0.25) is 0 Å². The van der Waals surface area contributed by atoms with Crippen LogP contribution < -0.4 is 10.1 Å². The largest absolute Gasteiger partial charge is 0.573 e. The van der Waals surface area contributed by atoms with Gasteiger partial charge in [0.05, 0.1) is 6.10 Å². The first kappa shape index (κ1) is 14.6. The maximum Gasteiger partial charge on any atom is 0.573 e. The summed E-state index contributed by atoms with van der Waals surface area (Å²) in [7, 11) is 0. The molecule has 1 atom stereocenters. The van der Waals surface area contributed by atoms with Crippen molar-refractivity contribution >= 4 is 5.69 Å². The Bertz CT molecular complexity index is 363. The first-order chi connectivity index (χ1) is 8.28. The molecule has 0 fully saturated rings. The first-order valence-electron chi connectivity index (χ1n) is 5.55. The second-order valence-corrected chi connectivity index (χ2v) is 4.26. The zero-order valence-corrected chi connectivity index (χ0v) is 10.2. The molecule has 0 heterocycles. The van der Waals surface area contributed by atoms with Gasteiger partial charge in [0.2, 0.25) is 0 Å². The summed E-state index contributed by atoms with van der Waals surface area (Å²) in [6, 6.07) is 5.37. The number of halogens is 3. The van der Waals surface area contributed by atoms with Crippen LogP contribution in [0.5, 0.6) is 5.75 Å². The molecule has 1 unspecified atom stereocenters. The minimum Gasteiger partial charge on any atom is -0.406 e. The van der Waals surface area contributed by atoms with Crippen LogP contribution in [0.1, 0.15) is 13.8 Å². The molecule has 0 radical (unpaired) electrons. The van der Waals surface area contributed by atoms with Gasteiger partial charge in [0, 0.05) is 12.2 Å². The molecule has 0 saturated heterocycles. The third-order valence-electron chi connectivity index (χ3n) is 2.37. The highest BCUT2D eigenvalue weighted by Gasteiger charge is 2.30. The third-order valence-corrected chi connectivity index (χ3v) is 2.37. The van der Waals surface area contributed by atoms with Gasteiger partial charge in [-0.15, -0.1) is 13.2 Å². The van der Waals surface area contributed by atoms with Crippen LogP contribution in [0.4, 0.5) is 18.9 Å². The fourth-order valence-electron chi connectivity index (χ4n) is 1.23. The van der Waals surface area contributed by atoms with E-state index in [9.17, 15) is 18.3 Å². The quantitative estimate of drug-likeness (QED) is 0.858. The standard InChI is InChI=1S/C12H16F3NO2/c1-8(2)11(17)7-16-9-3-5-10(6-4-9)18-12(13,14)15/h3-6,8,11,16-17H,7H2,1-2H3. The van der Waals surface area contributed by atoms with Crippen LogP contribution in [-0.2, 0) is 0 Å². The highest BCUT2D eigenvalue weighted by Crippen LogP contribution is 2.23. The van der Waals surface area contributed by atoms with Crippen LogP contribution in [0.25, 0.3) is 0 Å². The van der Waals surface area contributed by atoms with E-state index in [0.717, 1.165) is 0 Å². The van der Waals surface area contributed by atoms with Gasteiger partial charge >= 0.3 is 6.36 Å². The third kappa shape index (κ3) is 5.27. The van der Waals surface area contributed by atoms with Crippen LogP contribution in [0, 0.1) is 5.92 Å². The van der Waals surface area contributed by atoms with E-state index in [1.807, 2.05) is 13.8 Å². The van der Waals surface area contributed by atoms with Crippen molar-refractivity contribution in [2.75, 3.05) is 11.9 Å². The number of ether oxygens (including phenoxy) is 1. The summed E-state index contributed by atoms with van der Waals surface area (Å²) in [5.74, 6) is -0.150. The summed E-state index contributed by atoms with van der Waals surface area (Å²) in [6.45, 7) is 4.11. The summed E-state index contributed by atoms with van der Waals surface area (Å²) in [5, 5.41) is 12.5. The molecule has 1 rings (SSSR count). The lowest BCUT2D eigenvalue weighted by Crippen LogP contribution is -2.24.